The lowest BCUT2D eigenvalue weighted by Crippen LogP contribution is -2.14. The molecule has 0 amide bonds. The third-order valence-corrected chi connectivity index (χ3v) is 7.88. The van der Waals surface area contributed by atoms with Crippen LogP contribution in [-0.4, -0.2) is 6.54 Å². The number of nitrogens with one attached hydrogen (secondary N) is 1. The monoisotopic (exact) mass is 437 g/mol. The Bertz CT molecular complexity index is 1610. The fourth-order valence-corrected chi connectivity index (χ4v) is 6.08. The van der Waals surface area contributed by atoms with Gasteiger partial charge in [-0.1, -0.05) is 92.7 Å². The van der Waals surface area contributed by atoms with Gasteiger partial charge in [0.25, 0.3) is 0 Å². The van der Waals surface area contributed by atoms with Crippen LogP contribution in [0.3, 0.4) is 0 Å². The predicted molar refractivity (Wildman–Crippen MR) is 145 cm³/mol. The van der Waals surface area contributed by atoms with E-state index in [0.29, 0.717) is 0 Å². The zero-order valence-electron chi connectivity index (χ0n) is 19.7. The molecule has 0 saturated heterocycles. The summed E-state index contributed by atoms with van der Waals surface area (Å²) in [6.45, 7) is 5.63. The van der Waals surface area contributed by atoms with Crippen LogP contribution >= 0.6 is 0 Å². The van der Waals surface area contributed by atoms with Crippen molar-refractivity contribution in [1.82, 2.24) is 0 Å². The van der Waals surface area contributed by atoms with E-state index in [1.54, 1.807) is 0 Å². The molecule has 5 aromatic carbocycles. The molecular weight excluding hydrogens is 410 g/mol. The Morgan fingerprint density at radius 3 is 2.26 bits per heavy atom. The van der Waals surface area contributed by atoms with Crippen molar-refractivity contribution in [2.24, 2.45) is 0 Å². The maximum Gasteiger partial charge on any atom is 0.0420 e. The largest absolute Gasteiger partial charge is 0.384 e. The van der Waals surface area contributed by atoms with Crippen LogP contribution in [0.4, 0.5) is 5.69 Å². The molecule has 0 fully saturated rings. The third-order valence-electron chi connectivity index (χ3n) is 7.88. The first kappa shape index (κ1) is 19.6. The van der Waals surface area contributed by atoms with E-state index in [1.165, 1.54) is 66.5 Å². The quantitative estimate of drug-likeness (QED) is 0.277. The fourth-order valence-electron chi connectivity index (χ4n) is 6.08. The van der Waals surface area contributed by atoms with Crippen molar-refractivity contribution in [3.05, 3.63) is 114 Å². The van der Waals surface area contributed by atoms with Gasteiger partial charge in [0.1, 0.15) is 0 Å². The highest BCUT2D eigenvalue weighted by Crippen LogP contribution is 2.49. The van der Waals surface area contributed by atoms with Crippen LogP contribution in [0.1, 0.15) is 30.5 Å². The molecular formula is C33H27N. The van der Waals surface area contributed by atoms with Crippen molar-refractivity contribution in [3.63, 3.8) is 0 Å². The molecule has 164 valence electrons. The molecule has 1 aliphatic heterocycles. The third kappa shape index (κ3) is 2.80. The standard InChI is InChI=1S/C33H27N/c1-33(2)30-10-6-5-9-26(30)28-19-22(11-13-31(28)33)23-12-14-32-29(20-23)27-18-21(15-16-34-32)17-24-7-3-4-8-25(24)27/h3-14,17-20,34H,15-16H2,1-2H3. The Labute approximate surface area is 201 Å². The molecule has 1 aliphatic carbocycles. The lowest BCUT2D eigenvalue weighted by Gasteiger charge is -2.22. The molecule has 1 nitrogen and oxygen atoms in total. The lowest BCUT2D eigenvalue weighted by atomic mass is 9.82. The van der Waals surface area contributed by atoms with Crippen molar-refractivity contribution in [1.29, 1.82) is 0 Å². The molecule has 7 rings (SSSR count). The maximum absolute atomic E-state index is 3.69. The molecule has 0 saturated carbocycles. The Morgan fingerprint density at radius 1 is 0.618 bits per heavy atom. The first-order valence-corrected chi connectivity index (χ1v) is 12.2. The summed E-state index contributed by atoms with van der Waals surface area (Å²) in [5, 5.41) is 6.33. The predicted octanol–water partition coefficient (Wildman–Crippen LogP) is 8.45. The van der Waals surface area contributed by atoms with E-state index >= 15 is 0 Å². The average molecular weight is 438 g/mol. The highest BCUT2D eigenvalue weighted by molar-refractivity contribution is 6.01. The molecule has 0 aromatic heterocycles. The first-order valence-electron chi connectivity index (χ1n) is 12.2. The fraction of sp³-hybridized carbons (Fsp3) is 0.152. The molecule has 2 aliphatic rings. The van der Waals surface area contributed by atoms with Gasteiger partial charge < -0.3 is 5.32 Å². The number of hydrogen-bond donors (Lipinski definition) is 1. The Morgan fingerprint density at radius 2 is 1.35 bits per heavy atom. The summed E-state index contributed by atoms with van der Waals surface area (Å²) in [6, 6.07) is 36.4. The summed E-state index contributed by atoms with van der Waals surface area (Å²) in [6.07, 6.45) is 1.04. The van der Waals surface area contributed by atoms with Gasteiger partial charge in [-0.3, -0.25) is 0 Å². The topological polar surface area (TPSA) is 12.0 Å². The van der Waals surface area contributed by atoms with Crippen LogP contribution in [0.15, 0.2) is 97.1 Å². The Kier molecular flexibility index (Phi) is 4.08. The summed E-state index contributed by atoms with van der Waals surface area (Å²) in [5.41, 5.74) is 13.4. The van der Waals surface area contributed by atoms with Gasteiger partial charge in [-0.2, -0.15) is 0 Å². The normalized spacial score (nSPS) is 15.0. The van der Waals surface area contributed by atoms with Gasteiger partial charge in [0.15, 0.2) is 0 Å². The van der Waals surface area contributed by atoms with Crippen molar-refractivity contribution >= 4 is 16.5 Å². The molecule has 1 heterocycles. The maximum atomic E-state index is 3.69. The van der Waals surface area contributed by atoms with Gasteiger partial charge in [-0.25, -0.2) is 0 Å². The molecule has 1 heteroatoms. The molecule has 1 N–H and O–H groups in total. The SMILES string of the molecule is CC1(C)c2ccccc2-c2cc(-c3ccc4c(c3)-c3cc(cc5ccccc35)CCN4)ccc21. The second kappa shape index (κ2) is 7.08. The number of hydrogen-bond acceptors (Lipinski definition) is 1. The van der Waals surface area contributed by atoms with Crippen LogP contribution in [0.2, 0.25) is 0 Å². The van der Waals surface area contributed by atoms with E-state index in [2.05, 4.69) is 116 Å². The summed E-state index contributed by atoms with van der Waals surface area (Å²) >= 11 is 0. The van der Waals surface area contributed by atoms with E-state index < -0.39 is 0 Å². The van der Waals surface area contributed by atoms with Crippen LogP contribution in [0, 0.1) is 0 Å². The smallest absolute Gasteiger partial charge is 0.0420 e. The molecule has 0 spiro atoms. The van der Waals surface area contributed by atoms with Crippen molar-refractivity contribution in [3.8, 4) is 33.4 Å². The minimum Gasteiger partial charge on any atom is -0.384 e. The van der Waals surface area contributed by atoms with Crippen LogP contribution < -0.4 is 5.32 Å². The van der Waals surface area contributed by atoms with Gasteiger partial charge in [0.05, 0.1) is 0 Å². The van der Waals surface area contributed by atoms with Crippen molar-refractivity contribution < 1.29 is 0 Å². The zero-order chi connectivity index (χ0) is 22.9. The molecule has 34 heavy (non-hydrogen) atoms. The minimum atomic E-state index is 0.0414. The molecule has 0 unspecified atom stereocenters. The van der Waals surface area contributed by atoms with E-state index in [1.807, 2.05) is 0 Å². The van der Waals surface area contributed by atoms with Crippen LogP contribution in [-0.2, 0) is 11.8 Å². The summed E-state index contributed by atoms with van der Waals surface area (Å²) in [5.74, 6) is 0. The number of anilines is 1. The Hall–Kier alpha value is -3.84. The zero-order valence-corrected chi connectivity index (χ0v) is 19.7. The van der Waals surface area contributed by atoms with E-state index in [4.69, 9.17) is 0 Å². The highest BCUT2D eigenvalue weighted by atomic mass is 14.9. The van der Waals surface area contributed by atoms with Gasteiger partial charge >= 0.3 is 0 Å². The number of fused-ring (bicyclic) bond motifs is 9. The van der Waals surface area contributed by atoms with Gasteiger partial charge in [-0.05, 0) is 79.9 Å². The van der Waals surface area contributed by atoms with Gasteiger partial charge in [0.2, 0.25) is 0 Å². The van der Waals surface area contributed by atoms with E-state index in [9.17, 15) is 0 Å². The van der Waals surface area contributed by atoms with Crippen LogP contribution in [0.5, 0.6) is 0 Å². The number of benzene rings is 5. The average Bonchev–Trinajstić information content (AvgIpc) is 3.09. The summed E-state index contributed by atoms with van der Waals surface area (Å²) in [7, 11) is 0. The van der Waals surface area contributed by atoms with Gasteiger partial charge in [0, 0.05) is 23.2 Å². The number of rotatable bonds is 1. The Balaban J connectivity index is 1.43. The molecule has 5 aromatic rings. The molecule has 0 atom stereocenters. The minimum absolute atomic E-state index is 0.0414. The summed E-state index contributed by atoms with van der Waals surface area (Å²) in [4.78, 5) is 0. The second-order valence-electron chi connectivity index (χ2n) is 10.2. The second-order valence-corrected chi connectivity index (χ2v) is 10.2. The first-order chi connectivity index (χ1) is 16.6. The van der Waals surface area contributed by atoms with Crippen molar-refractivity contribution in [2.45, 2.75) is 25.7 Å². The lowest BCUT2D eigenvalue weighted by molar-refractivity contribution is 0.660. The van der Waals surface area contributed by atoms with Gasteiger partial charge in [-0.15, -0.1) is 0 Å². The van der Waals surface area contributed by atoms with E-state index in [0.717, 1.165) is 13.0 Å². The van der Waals surface area contributed by atoms with Crippen LogP contribution in [0.25, 0.3) is 44.2 Å². The van der Waals surface area contributed by atoms with Crippen molar-refractivity contribution in [2.75, 3.05) is 11.9 Å². The molecule has 0 radical (unpaired) electrons. The van der Waals surface area contributed by atoms with E-state index in [-0.39, 0.29) is 5.41 Å². The molecule has 2 bridgehead atoms. The summed E-state index contributed by atoms with van der Waals surface area (Å²) < 4.78 is 0. The highest BCUT2D eigenvalue weighted by Gasteiger charge is 2.35.